The zero-order valence-electron chi connectivity index (χ0n) is 19.9. The van der Waals surface area contributed by atoms with Gasteiger partial charge in [0.05, 0.1) is 7.11 Å². The maximum absolute atomic E-state index is 13.1. The Morgan fingerprint density at radius 2 is 1.50 bits per heavy atom. The van der Waals surface area contributed by atoms with Crippen LogP contribution in [0.25, 0.3) is 0 Å². The van der Waals surface area contributed by atoms with Crippen LogP contribution in [-0.2, 0) is 9.59 Å². The highest BCUT2D eigenvalue weighted by molar-refractivity contribution is 9.10. The van der Waals surface area contributed by atoms with Gasteiger partial charge in [-0.25, -0.2) is 0 Å². The molecule has 1 heterocycles. The topological polar surface area (TPSA) is 87.7 Å². The van der Waals surface area contributed by atoms with Crippen molar-refractivity contribution in [2.45, 2.75) is 24.8 Å². The third-order valence-corrected chi connectivity index (χ3v) is 7.01. The van der Waals surface area contributed by atoms with E-state index in [1.54, 1.807) is 69.5 Å². The van der Waals surface area contributed by atoms with E-state index in [9.17, 15) is 14.4 Å². The minimum Gasteiger partial charge on any atom is -0.497 e. The quantitative estimate of drug-likeness (QED) is 0.330. The van der Waals surface area contributed by atoms with Gasteiger partial charge >= 0.3 is 0 Å². The van der Waals surface area contributed by atoms with Crippen molar-refractivity contribution in [3.63, 3.8) is 0 Å². The van der Waals surface area contributed by atoms with Crippen LogP contribution in [0.1, 0.15) is 24.2 Å². The lowest BCUT2D eigenvalue weighted by molar-refractivity contribution is -0.139. The van der Waals surface area contributed by atoms with Gasteiger partial charge in [0.1, 0.15) is 16.4 Å². The number of hydrogen-bond donors (Lipinski definition) is 2. The van der Waals surface area contributed by atoms with E-state index in [1.165, 1.54) is 16.7 Å². The molecule has 184 valence electrons. The standard InChI is InChI=1S/C27H24BrN3O4S/c1-16(2)31-26(33)23(29-19-8-6-18(28)7-9-19)24(27(31)34)36-22-14-10-20(11-15-22)30-25(32)17-4-12-21(35-3)13-5-17/h4-16,29H,1-3H3,(H,30,32). The highest BCUT2D eigenvalue weighted by Crippen LogP contribution is 2.37. The van der Waals surface area contributed by atoms with Crippen molar-refractivity contribution in [2.24, 2.45) is 0 Å². The Balaban J connectivity index is 1.52. The third kappa shape index (κ3) is 5.63. The van der Waals surface area contributed by atoms with Crippen LogP contribution in [0, 0.1) is 0 Å². The summed E-state index contributed by atoms with van der Waals surface area (Å²) in [6.07, 6.45) is 0. The van der Waals surface area contributed by atoms with Crippen molar-refractivity contribution in [2.75, 3.05) is 17.7 Å². The Morgan fingerprint density at radius 1 is 0.889 bits per heavy atom. The van der Waals surface area contributed by atoms with Crippen molar-refractivity contribution in [3.05, 3.63) is 93.4 Å². The second-order valence-electron chi connectivity index (χ2n) is 8.22. The van der Waals surface area contributed by atoms with E-state index in [-0.39, 0.29) is 29.5 Å². The maximum Gasteiger partial charge on any atom is 0.278 e. The van der Waals surface area contributed by atoms with E-state index >= 15 is 0 Å². The fourth-order valence-corrected chi connectivity index (χ4v) is 4.75. The van der Waals surface area contributed by atoms with E-state index in [4.69, 9.17) is 4.74 Å². The first kappa shape index (κ1) is 25.5. The van der Waals surface area contributed by atoms with Crippen LogP contribution < -0.4 is 15.4 Å². The number of ether oxygens (including phenoxy) is 1. The first-order valence-corrected chi connectivity index (χ1v) is 12.8. The first-order chi connectivity index (χ1) is 17.3. The van der Waals surface area contributed by atoms with Gasteiger partial charge in [0.25, 0.3) is 17.7 Å². The monoisotopic (exact) mass is 565 g/mol. The van der Waals surface area contributed by atoms with Gasteiger partial charge in [-0.15, -0.1) is 0 Å². The molecule has 36 heavy (non-hydrogen) atoms. The number of carbonyl (C=O) groups is 3. The van der Waals surface area contributed by atoms with Crippen molar-refractivity contribution in [1.82, 2.24) is 4.90 Å². The minimum absolute atomic E-state index is 0.245. The molecule has 0 saturated heterocycles. The highest BCUT2D eigenvalue weighted by atomic mass is 79.9. The van der Waals surface area contributed by atoms with Gasteiger partial charge < -0.3 is 15.4 Å². The molecule has 7 nitrogen and oxygen atoms in total. The number of nitrogens with zero attached hydrogens (tertiary/aromatic N) is 1. The van der Waals surface area contributed by atoms with Crippen molar-refractivity contribution >= 4 is 56.8 Å². The Kier molecular flexibility index (Phi) is 7.81. The van der Waals surface area contributed by atoms with Crippen LogP contribution in [0.2, 0.25) is 0 Å². The predicted molar refractivity (Wildman–Crippen MR) is 145 cm³/mol. The Labute approximate surface area is 222 Å². The minimum atomic E-state index is -0.358. The summed E-state index contributed by atoms with van der Waals surface area (Å²) in [7, 11) is 1.57. The molecule has 1 aliphatic rings. The molecule has 0 aliphatic carbocycles. The number of anilines is 2. The largest absolute Gasteiger partial charge is 0.497 e. The number of rotatable bonds is 8. The van der Waals surface area contributed by atoms with Crippen LogP contribution in [-0.4, -0.2) is 35.8 Å². The number of carbonyl (C=O) groups excluding carboxylic acids is 3. The van der Waals surface area contributed by atoms with Crippen LogP contribution in [0.15, 0.2) is 92.8 Å². The smallest absolute Gasteiger partial charge is 0.278 e. The Hall–Kier alpha value is -3.56. The molecule has 1 aliphatic heterocycles. The van der Waals surface area contributed by atoms with E-state index in [2.05, 4.69) is 26.6 Å². The molecule has 2 N–H and O–H groups in total. The summed E-state index contributed by atoms with van der Waals surface area (Å²) < 4.78 is 6.03. The number of nitrogens with one attached hydrogen (secondary N) is 2. The number of halogens is 1. The van der Waals surface area contributed by atoms with Gasteiger partial charge in [-0.05, 0) is 86.6 Å². The lowest BCUT2D eigenvalue weighted by Crippen LogP contribution is -2.38. The number of amides is 3. The SMILES string of the molecule is COc1ccc(C(=O)Nc2ccc(SC3=C(Nc4ccc(Br)cc4)C(=O)N(C(C)C)C3=O)cc2)cc1. The molecule has 0 radical (unpaired) electrons. The second kappa shape index (κ2) is 11.0. The van der Waals surface area contributed by atoms with E-state index in [0.717, 1.165) is 9.37 Å². The van der Waals surface area contributed by atoms with E-state index < -0.39 is 0 Å². The van der Waals surface area contributed by atoms with Crippen LogP contribution in [0.3, 0.4) is 0 Å². The van der Waals surface area contributed by atoms with Crippen LogP contribution in [0.4, 0.5) is 11.4 Å². The molecule has 0 fully saturated rings. The summed E-state index contributed by atoms with van der Waals surface area (Å²) in [5.74, 6) is -0.265. The van der Waals surface area contributed by atoms with Gasteiger partial charge in [0.2, 0.25) is 0 Å². The lowest BCUT2D eigenvalue weighted by Gasteiger charge is -2.19. The summed E-state index contributed by atoms with van der Waals surface area (Å²) >= 11 is 4.61. The Morgan fingerprint density at radius 3 is 2.08 bits per heavy atom. The second-order valence-corrected chi connectivity index (χ2v) is 10.2. The molecule has 3 amide bonds. The maximum atomic E-state index is 13.1. The molecule has 0 aromatic heterocycles. The molecule has 9 heteroatoms. The molecule has 0 bridgehead atoms. The zero-order chi connectivity index (χ0) is 25.8. The molecule has 0 saturated carbocycles. The van der Waals surface area contributed by atoms with Crippen molar-refractivity contribution in [3.8, 4) is 5.75 Å². The average molecular weight is 566 g/mol. The molecule has 3 aromatic carbocycles. The van der Waals surface area contributed by atoms with Gasteiger partial charge in [-0.2, -0.15) is 0 Å². The molecule has 4 rings (SSSR count). The molecule has 0 spiro atoms. The lowest BCUT2D eigenvalue weighted by atomic mass is 10.2. The molecule has 3 aromatic rings. The van der Waals surface area contributed by atoms with Gasteiger partial charge in [-0.1, -0.05) is 27.7 Å². The van der Waals surface area contributed by atoms with Crippen LogP contribution in [0.5, 0.6) is 5.75 Å². The zero-order valence-corrected chi connectivity index (χ0v) is 22.3. The Bertz CT molecular complexity index is 1320. The number of benzene rings is 3. The average Bonchev–Trinajstić information content (AvgIpc) is 3.10. The number of methoxy groups -OCH3 is 1. The number of imide groups is 1. The number of thioether (sulfide) groups is 1. The fraction of sp³-hybridized carbons (Fsp3) is 0.148. The van der Waals surface area contributed by atoms with Crippen LogP contribution >= 0.6 is 27.7 Å². The molecular formula is C27H24BrN3O4S. The molecular weight excluding hydrogens is 542 g/mol. The molecule has 0 atom stereocenters. The summed E-state index contributed by atoms with van der Waals surface area (Å²) in [6.45, 7) is 3.61. The highest BCUT2D eigenvalue weighted by Gasteiger charge is 2.40. The third-order valence-electron chi connectivity index (χ3n) is 5.39. The number of hydrogen-bond acceptors (Lipinski definition) is 6. The van der Waals surface area contributed by atoms with Gasteiger partial charge in [0, 0.05) is 32.3 Å². The molecule has 0 unspecified atom stereocenters. The van der Waals surface area contributed by atoms with Gasteiger partial charge in [-0.3, -0.25) is 19.3 Å². The van der Waals surface area contributed by atoms with E-state index in [1.807, 2.05) is 24.3 Å². The summed E-state index contributed by atoms with van der Waals surface area (Å²) in [5, 5.41) is 5.98. The summed E-state index contributed by atoms with van der Waals surface area (Å²) in [5.41, 5.74) is 2.07. The van der Waals surface area contributed by atoms with Crippen molar-refractivity contribution < 1.29 is 19.1 Å². The first-order valence-electron chi connectivity index (χ1n) is 11.1. The summed E-state index contributed by atoms with van der Waals surface area (Å²) in [4.78, 5) is 41.1. The fourth-order valence-electron chi connectivity index (χ4n) is 3.55. The van der Waals surface area contributed by atoms with E-state index in [0.29, 0.717) is 27.6 Å². The normalized spacial score (nSPS) is 13.4. The van der Waals surface area contributed by atoms with Crippen molar-refractivity contribution in [1.29, 1.82) is 0 Å². The predicted octanol–water partition coefficient (Wildman–Crippen LogP) is 5.90. The van der Waals surface area contributed by atoms with Gasteiger partial charge in [0.15, 0.2) is 0 Å². The summed E-state index contributed by atoms with van der Waals surface area (Å²) in [6, 6.07) is 21.0.